The highest BCUT2D eigenvalue weighted by Gasteiger charge is 2.20. The summed E-state index contributed by atoms with van der Waals surface area (Å²) in [5.41, 5.74) is 0.489. The number of piperidine rings is 1. The first-order valence-corrected chi connectivity index (χ1v) is 9.54. The van der Waals surface area contributed by atoms with E-state index >= 15 is 0 Å². The lowest BCUT2D eigenvalue weighted by molar-refractivity contribution is -0.383. The Morgan fingerprint density at radius 2 is 1.90 bits per heavy atom. The van der Waals surface area contributed by atoms with E-state index in [4.69, 9.17) is 16.3 Å². The highest BCUT2D eigenvalue weighted by molar-refractivity contribution is 6.31. The van der Waals surface area contributed by atoms with Crippen LogP contribution >= 0.6 is 11.6 Å². The van der Waals surface area contributed by atoms with Gasteiger partial charge >= 0.3 is 5.97 Å². The molecule has 1 aliphatic rings. The van der Waals surface area contributed by atoms with Crippen LogP contribution < -0.4 is 10.2 Å². The zero-order valence-corrected chi connectivity index (χ0v) is 16.6. The summed E-state index contributed by atoms with van der Waals surface area (Å²) in [6.07, 6.45) is 2.31. The van der Waals surface area contributed by atoms with E-state index in [2.05, 4.69) is 5.32 Å². The minimum atomic E-state index is -0.732. The second-order valence-corrected chi connectivity index (χ2v) is 7.03. The molecule has 0 saturated carbocycles. The van der Waals surface area contributed by atoms with Crippen LogP contribution in [0.4, 0.5) is 17.1 Å². The predicted molar refractivity (Wildman–Crippen MR) is 110 cm³/mol. The number of carbonyl (C=O) groups excluding carboxylic acids is 3. The van der Waals surface area contributed by atoms with Crippen LogP contribution in [0.5, 0.6) is 0 Å². The molecule has 156 valence electrons. The van der Waals surface area contributed by atoms with Gasteiger partial charge in [0.2, 0.25) is 5.91 Å². The molecule has 0 aromatic heterocycles. The van der Waals surface area contributed by atoms with Crippen LogP contribution in [0.25, 0.3) is 0 Å². The van der Waals surface area contributed by atoms with E-state index in [1.807, 2.05) is 0 Å². The zero-order valence-electron chi connectivity index (χ0n) is 15.8. The summed E-state index contributed by atoms with van der Waals surface area (Å²) in [4.78, 5) is 48.2. The van der Waals surface area contributed by atoms with Gasteiger partial charge in [0.15, 0.2) is 6.61 Å². The van der Waals surface area contributed by atoms with Gasteiger partial charge in [-0.25, -0.2) is 4.79 Å². The Bertz CT molecular complexity index is 993. The molecule has 2 aromatic rings. The molecule has 0 aliphatic carbocycles. The van der Waals surface area contributed by atoms with Gasteiger partial charge in [-0.2, -0.15) is 0 Å². The van der Waals surface area contributed by atoms with Crippen molar-refractivity contribution >= 4 is 46.4 Å². The smallest absolute Gasteiger partial charge is 0.338 e. The highest BCUT2D eigenvalue weighted by Crippen LogP contribution is 2.27. The maximum Gasteiger partial charge on any atom is 0.338 e. The third-order valence-electron chi connectivity index (χ3n) is 4.50. The van der Waals surface area contributed by atoms with Crippen molar-refractivity contribution in [3.8, 4) is 0 Å². The lowest BCUT2D eigenvalue weighted by atomic mass is 10.1. The summed E-state index contributed by atoms with van der Waals surface area (Å²) < 4.78 is 4.97. The van der Waals surface area contributed by atoms with Crippen LogP contribution in [-0.4, -0.2) is 35.9 Å². The molecule has 3 rings (SSSR count). The van der Waals surface area contributed by atoms with Crippen LogP contribution in [0.2, 0.25) is 5.02 Å². The maximum absolute atomic E-state index is 12.2. The fraction of sp³-hybridized carbons (Fsp3) is 0.250. The van der Waals surface area contributed by atoms with Crippen LogP contribution in [-0.2, 0) is 14.3 Å². The van der Waals surface area contributed by atoms with E-state index < -0.39 is 23.4 Å². The van der Waals surface area contributed by atoms with Gasteiger partial charge in [-0.3, -0.25) is 19.7 Å². The topological polar surface area (TPSA) is 119 Å². The number of nitrogens with one attached hydrogen (secondary N) is 1. The molecule has 1 saturated heterocycles. The third-order valence-corrected chi connectivity index (χ3v) is 4.74. The number of esters is 1. The lowest BCUT2D eigenvalue weighted by Crippen LogP contribution is -2.35. The molecule has 1 N–H and O–H groups in total. The van der Waals surface area contributed by atoms with Gasteiger partial charge in [-0.1, -0.05) is 11.6 Å². The van der Waals surface area contributed by atoms with E-state index in [9.17, 15) is 24.5 Å². The fourth-order valence-electron chi connectivity index (χ4n) is 3.02. The lowest BCUT2D eigenvalue weighted by Gasteiger charge is -2.26. The van der Waals surface area contributed by atoms with Gasteiger partial charge in [0, 0.05) is 29.7 Å². The van der Waals surface area contributed by atoms with Gasteiger partial charge in [0.1, 0.15) is 5.69 Å². The summed E-state index contributed by atoms with van der Waals surface area (Å²) in [5, 5.41) is 13.5. The molecule has 1 heterocycles. The van der Waals surface area contributed by atoms with Gasteiger partial charge in [-0.05, 0) is 49.2 Å². The minimum absolute atomic E-state index is 0.0459. The number of benzene rings is 2. The quantitative estimate of drug-likeness (QED) is 0.424. The van der Waals surface area contributed by atoms with Crippen LogP contribution in [0.15, 0.2) is 42.5 Å². The first-order valence-electron chi connectivity index (χ1n) is 9.16. The van der Waals surface area contributed by atoms with Crippen LogP contribution in [0, 0.1) is 10.1 Å². The molecule has 0 bridgehead atoms. The molecule has 30 heavy (non-hydrogen) atoms. The molecule has 1 fully saturated rings. The standard InChI is InChI=1S/C20H18ClN3O6/c21-14-6-9-16(17(11-14)24(28)29)22-18(25)12-30-20(27)13-4-7-15(8-5-13)23-10-2-1-3-19(23)26/h4-9,11H,1-3,10,12H2,(H,22,25). The van der Waals surface area contributed by atoms with E-state index in [0.717, 1.165) is 18.9 Å². The van der Waals surface area contributed by atoms with Crippen molar-refractivity contribution in [1.29, 1.82) is 0 Å². The van der Waals surface area contributed by atoms with E-state index in [1.165, 1.54) is 24.3 Å². The van der Waals surface area contributed by atoms with E-state index in [0.29, 0.717) is 18.7 Å². The van der Waals surface area contributed by atoms with Crippen molar-refractivity contribution in [2.75, 3.05) is 23.4 Å². The second-order valence-electron chi connectivity index (χ2n) is 6.59. The van der Waals surface area contributed by atoms with Gasteiger partial charge in [0.05, 0.1) is 10.5 Å². The Morgan fingerprint density at radius 3 is 2.57 bits per heavy atom. The summed E-state index contributed by atoms with van der Waals surface area (Å²) in [7, 11) is 0. The number of nitro benzene ring substituents is 1. The van der Waals surface area contributed by atoms with Crippen LogP contribution in [0.1, 0.15) is 29.6 Å². The van der Waals surface area contributed by atoms with Gasteiger partial charge in [0.25, 0.3) is 11.6 Å². The highest BCUT2D eigenvalue weighted by atomic mass is 35.5. The van der Waals surface area contributed by atoms with Crippen molar-refractivity contribution in [3.05, 3.63) is 63.2 Å². The summed E-state index contributed by atoms with van der Waals surface area (Å²) in [5.74, 6) is -1.42. The Kier molecular flexibility index (Phi) is 6.63. The van der Waals surface area contributed by atoms with Crippen molar-refractivity contribution in [2.45, 2.75) is 19.3 Å². The molecular formula is C20H18ClN3O6. The number of nitro groups is 1. The molecule has 9 nitrogen and oxygen atoms in total. The normalized spacial score (nSPS) is 13.6. The number of hydrogen-bond acceptors (Lipinski definition) is 6. The largest absolute Gasteiger partial charge is 0.452 e. The minimum Gasteiger partial charge on any atom is -0.452 e. The van der Waals surface area contributed by atoms with Crippen molar-refractivity contribution in [3.63, 3.8) is 0 Å². The Hall–Kier alpha value is -3.46. The van der Waals surface area contributed by atoms with E-state index in [1.54, 1.807) is 17.0 Å². The number of nitrogens with zero attached hydrogens (tertiary/aromatic N) is 2. The molecule has 0 unspecified atom stereocenters. The van der Waals surface area contributed by atoms with Crippen molar-refractivity contribution in [1.82, 2.24) is 0 Å². The van der Waals surface area contributed by atoms with Crippen molar-refractivity contribution < 1.29 is 24.0 Å². The Labute approximate surface area is 176 Å². The summed E-state index contributed by atoms with van der Waals surface area (Å²) in [6, 6.07) is 10.1. The molecule has 1 aliphatic heterocycles. The Morgan fingerprint density at radius 1 is 1.17 bits per heavy atom. The Balaban J connectivity index is 1.57. The number of anilines is 2. The summed E-state index contributed by atoms with van der Waals surface area (Å²) >= 11 is 5.73. The summed E-state index contributed by atoms with van der Waals surface area (Å²) in [6.45, 7) is 0.0185. The third kappa shape index (κ3) is 5.12. The SMILES string of the molecule is O=C(COC(=O)c1ccc(N2CCCCC2=O)cc1)Nc1ccc(Cl)cc1[N+](=O)[O-]. The molecule has 2 aromatic carbocycles. The maximum atomic E-state index is 12.2. The average Bonchev–Trinajstić information content (AvgIpc) is 2.73. The molecule has 0 radical (unpaired) electrons. The first-order chi connectivity index (χ1) is 14.3. The first kappa shape index (κ1) is 21.3. The number of hydrogen-bond donors (Lipinski definition) is 1. The second kappa shape index (κ2) is 9.36. The fourth-order valence-corrected chi connectivity index (χ4v) is 3.18. The van der Waals surface area contributed by atoms with E-state index in [-0.39, 0.29) is 27.9 Å². The number of halogens is 1. The predicted octanol–water partition coefficient (Wildman–Crippen LogP) is 3.56. The van der Waals surface area contributed by atoms with Gasteiger partial charge in [-0.15, -0.1) is 0 Å². The molecular weight excluding hydrogens is 414 g/mol. The number of amides is 2. The molecule has 2 amide bonds. The van der Waals surface area contributed by atoms with Crippen molar-refractivity contribution in [2.24, 2.45) is 0 Å². The monoisotopic (exact) mass is 431 g/mol. The van der Waals surface area contributed by atoms with Gasteiger partial charge < -0.3 is 15.0 Å². The number of ether oxygens (including phenoxy) is 1. The van der Waals surface area contributed by atoms with Crippen LogP contribution in [0.3, 0.4) is 0 Å². The molecule has 0 spiro atoms. The molecule has 0 atom stereocenters. The zero-order chi connectivity index (χ0) is 21.7. The number of carbonyl (C=O) groups is 3. The average molecular weight is 432 g/mol. The molecule has 10 heteroatoms. The number of rotatable bonds is 6.